The Bertz CT molecular complexity index is 795. The second-order valence-corrected chi connectivity index (χ2v) is 6.09. The van der Waals surface area contributed by atoms with Crippen molar-refractivity contribution in [1.82, 2.24) is 14.8 Å². The lowest BCUT2D eigenvalue weighted by molar-refractivity contribution is 0.534. The molecule has 0 atom stereocenters. The monoisotopic (exact) mass is 337 g/mol. The summed E-state index contributed by atoms with van der Waals surface area (Å²) < 4.78 is 20.9. The molecule has 0 aliphatic rings. The fraction of sp³-hybridized carbons (Fsp3) is 0.200. The van der Waals surface area contributed by atoms with Crippen molar-refractivity contribution in [3.05, 3.63) is 52.7 Å². The lowest BCUT2D eigenvalue weighted by Crippen LogP contribution is -1.96. The molecule has 0 amide bonds. The first-order valence-corrected chi connectivity index (χ1v) is 7.94. The van der Waals surface area contributed by atoms with Gasteiger partial charge in [-0.15, -0.1) is 10.2 Å². The molecule has 1 aromatic carbocycles. The number of hydrogen-bond acceptors (Lipinski definition) is 4. The number of nitrogens with zero attached hydrogens (tertiary/aromatic N) is 3. The van der Waals surface area contributed by atoms with Crippen molar-refractivity contribution in [2.45, 2.75) is 17.8 Å². The van der Waals surface area contributed by atoms with Crippen molar-refractivity contribution in [1.29, 1.82) is 0 Å². The second-order valence-electron chi connectivity index (χ2n) is 4.74. The fourth-order valence-electron chi connectivity index (χ4n) is 2.10. The number of benzene rings is 1. The average molecular weight is 338 g/mol. The molecule has 114 valence electrons. The van der Waals surface area contributed by atoms with E-state index in [-0.39, 0.29) is 5.82 Å². The summed E-state index contributed by atoms with van der Waals surface area (Å²) in [5, 5.41) is 9.44. The molecular weight excluding hydrogens is 325 g/mol. The maximum atomic E-state index is 13.8. The standard InChI is InChI=1S/C15H13ClFN3OS/c1-9-10(6-7-21-9)14-18-19-15(20(14)2)22-8-11-12(16)4-3-5-13(11)17/h3-7H,8H2,1-2H3. The normalized spacial score (nSPS) is 11.1. The van der Waals surface area contributed by atoms with Gasteiger partial charge in [0.2, 0.25) is 0 Å². The molecule has 7 heteroatoms. The van der Waals surface area contributed by atoms with E-state index in [9.17, 15) is 4.39 Å². The number of thioether (sulfide) groups is 1. The van der Waals surface area contributed by atoms with Crippen LogP contribution in [0.4, 0.5) is 4.39 Å². The predicted molar refractivity (Wildman–Crippen MR) is 84.4 cm³/mol. The number of hydrogen-bond donors (Lipinski definition) is 0. The number of aromatic nitrogens is 3. The van der Waals surface area contributed by atoms with Crippen LogP contribution in [-0.4, -0.2) is 14.8 Å². The summed E-state index contributed by atoms with van der Waals surface area (Å²) in [4.78, 5) is 0. The van der Waals surface area contributed by atoms with E-state index in [2.05, 4.69) is 10.2 Å². The predicted octanol–water partition coefficient (Wildman–Crippen LogP) is 4.47. The molecule has 4 nitrogen and oxygen atoms in total. The molecule has 0 unspecified atom stereocenters. The number of rotatable bonds is 4. The van der Waals surface area contributed by atoms with E-state index in [1.54, 1.807) is 18.4 Å². The van der Waals surface area contributed by atoms with Gasteiger partial charge in [-0.05, 0) is 25.1 Å². The molecule has 0 bridgehead atoms. The topological polar surface area (TPSA) is 43.9 Å². The van der Waals surface area contributed by atoms with Gasteiger partial charge in [0.15, 0.2) is 11.0 Å². The highest BCUT2D eigenvalue weighted by molar-refractivity contribution is 7.98. The first-order valence-electron chi connectivity index (χ1n) is 6.57. The van der Waals surface area contributed by atoms with Crippen LogP contribution in [0.3, 0.4) is 0 Å². The third-order valence-corrected chi connectivity index (χ3v) is 4.74. The van der Waals surface area contributed by atoms with Gasteiger partial charge in [-0.1, -0.05) is 29.4 Å². The molecular formula is C15H13ClFN3OS. The molecule has 0 aliphatic heterocycles. The Hall–Kier alpha value is -1.79. The Morgan fingerprint density at radius 3 is 2.82 bits per heavy atom. The van der Waals surface area contributed by atoms with Gasteiger partial charge in [0.1, 0.15) is 11.6 Å². The first kappa shape index (κ1) is 15.1. The van der Waals surface area contributed by atoms with E-state index in [1.165, 1.54) is 17.8 Å². The van der Waals surface area contributed by atoms with Crippen molar-refractivity contribution in [3.63, 3.8) is 0 Å². The minimum atomic E-state index is -0.312. The van der Waals surface area contributed by atoms with Crippen molar-refractivity contribution in [2.75, 3.05) is 0 Å². The summed E-state index contributed by atoms with van der Waals surface area (Å²) in [6, 6.07) is 6.52. The van der Waals surface area contributed by atoms with E-state index >= 15 is 0 Å². The minimum Gasteiger partial charge on any atom is -0.469 e. The average Bonchev–Trinajstić information content (AvgIpc) is 3.05. The third kappa shape index (κ3) is 2.76. The van der Waals surface area contributed by atoms with Crippen LogP contribution in [-0.2, 0) is 12.8 Å². The smallest absolute Gasteiger partial charge is 0.191 e. The summed E-state index contributed by atoms with van der Waals surface area (Å²) >= 11 is 7.42. The molecule has 0 aliphatic carbocycles. The molecule has 22 heavy (non-hydrogen) atoms. The van der Waals surface area contributed by atoms with Crippen LogP contribution < -0.4 is 0 Å². The number of aryl methyl sites for hydroxylation is 1. The van der Waals surface area contributed by atoms with Crippen LogP contribution in [0.25, 0.3) is 11.4 Å². The van der Waals surface area contributed by atoms with Gasteiger partial charge in [0.25, 0.3) is 0 Å². The van der Waals surface area contributed by atoms with Gasteiger partial charge in [-0.25, -0.2) is 4.39 Å². The summed E-state index contributed by atoms with van der Waals surface area (Å²) in [6.45, 7) is 1.87. The van der Waals surface area contributed by atoms with Crippen molar-refractivity contribution in [2.24, 2.45) is 7.05 Å². The fourth-order valence-corrected chi connectivity index (χ4v) is 3.35. The van der Waals surface area contributed by atoms with Gasteiger partial charge in [0, 0.05) is 23.4 Å². The van der Waals surface area contributed by atoms with Crippen LogP contribution in [0.15, 0.2) is 40.1 Å². The zero-order chi connectivity index (χ0) is 15.7. The summed E-state index contributed by atoms with van der Waals surface area (Å²) in [7, 11) is 1.87. The van der Waals surface area contributed by atoms with Gasteiger partial charge in [0.05, 0.1) is 11.8 Å². The number of furan rings is 1. The zero-order valence-electron chi connectivity index (χ0n) is 12.0. The van der Waals surface area contributed by atoms with Crippen LogP contribution in [0.1, 0.15) is 11.3 Å². The lowest BCUT2D eigenvalue weighted by atomic mass is 10.2. The Balaban J connectivity index is 1.83. The van der Waals surface area contributed by atoms with Crippen LogP contribution in [0.2, 0.25) is 5.02 Å². The lowest BCUT2D eigenvalue weighted by Gasteiger charge is -2.06. The van der Waals surface area contributed by atoms with E-state index < -0.39 is 0 Å². The quantitative estimate of drug-likeness (QED) is 0.659. The maximum Gasteiger partial charge on any atom is 0.191 e. The Labute approximate surface area is 136 Å². The highest BCUT2D eigenvalue weighted by atomic mass is 35.5. The van der Waals surface area contributed by atoms with Gasteiger partial charge in [-0.2, -0.15) is 0 Å². The highest BCUT2D eigenvalue weighted by Crippen LogP contribution is 2.30. The second kappa shape index (κ2) is 6.14. The molecule has 3 rings (SSSR count). The zero-order valence-corrected chi connectivity index (χ0v) is 13.6. The van der Waals surface area contributed by atoms with Crippen molar-refractivity contribution in [3.8, 4) is 11.4 Å². The van der Waals surface area contributed by atoms with E-state index in [0.29, 0.717) is 27.3 Å². The third-order valence-electron chi connectivity index (χ3n) is 3.34. The molecule has 0 N–H and O–H groups in total. The molecule has 2 heterocycles. The van der Waals surface area contributed by atoms with E-state index in [4.69, 9.17) is 16.0 Å². The van der Waals surface area contributed by atoms with Crippen LogP contribution in [0.5, 0.6) is 0 Å². The molecule has 0 saturated carbocycles. The number of halogens is 2. The molecule has 0 radical (unpaired) electrons. The largest absolute Gasteiger partial charge is 0.469 e. The maximum absolute atomic E-state index is 13.8. The minimum absolute atomic E-state index is 0.312. The summed E-state index contributed by atoms with van der Waals surface area (Å²) in [5.41, 5.74) is 1.36. The van der Waals surface area contributed by atoms with Crippen LogP contribution >= 0.6 is 23.4 Å². The first-order chi connectivity index (χ1) is 10.6. The Morgan fingerprint density at radius 2 is 2.14 bits per heavy atom. The summed E-state index contributed by atoms with van der Waals surface area (Å²) in [5.74, 6) is 1.58. The van der Waals surface area contributed by atoms with Crippen molar-refractivity contribution >= 4 is 23.4 Å². The molecule has 0 saturated heterocycles. The van der Waals surface area contributed by atoms with Crippen molar-refractivity contribution < 1.29 is 8.81 Å². The highest BCUT2D eigenvalue weighted by Gasteiger charge is 2.16. The molecule has 0 spiro atoms. The Morgan fingerprint density at radius 1 is 1.32 bits per heavy atom. The van der Waals surface area contributed by atoms with Gasteiger partial charge >= 0.3 is 0 Å². The van der Waals surface area contributed by atoms with E-state index in [1.807, 2.05) is 24.6 Å². The Kier molecular flexibility index (Phi) is 4.22. The summed E-state index contributed by atoms with van der Waals surface area (Å²) in [6.07, 6.45) is 1.62. The van der Waals surface area contributed by atoms with Gasteiger partial charge in [-0.3, -0.25) is 0 Å². The molecule has 3 aromatic rings. The van der Waals surface area contributed by atoms with Crippen LogP contribution in [0, 0.1) is 12.7 Å². The SMILES string of the molecule is Cc1occc1-c1nnc(SCc2c(F)cccc2Cl)n1C. The molecule has 2 aromatic heterocycles. The van der Waals surface area contributed by atoms with E-state index in [0.717, 1.165) is 11.3 Å². The molecule has 0 fully saturated rings. The van der Waals surface area contributed by atoms with Gasteiger partial charge < -0.3 is 8.98 Å².